The number of hydrogen-bond donors (Lipinski definition) is 1. The number of aliphatic hydroxyl groups excluding tert-OH is 1. The van der Waals surface area contributed by atoms with E-state index in [-0.39, 0.29) is 5.82 Å². The molecule has 0 aliphatic carbocycles. The van der Waals surface area contributed by atoms with Crippen molar-refractivity contribution in [2.75, 3.05) is 0 Å². The molecule has 2 rings (SSSR count). The van der Waals surface area contributed by atoms with Crippen LogP contribution in [0.2, 0.25) is 5.02 Å². The molecule has 1 heterocycles. The van der Waals surface area contributed by atoms with E-state index in [1.165, 1.54) is 6.07 Å². The van der Waals surface area contributed by atoms with E-state index in [0.717, 1.165) is 18.4 Å². The summed E-state index contributed by atoms with van der Waals surface area (Å²) in [6, 6.07) is 6.52. The number of rotatable bonds is 5. The molecule has 1 aromatic carbocycles. The molecule has 1 aromatic heterocycles. The first-order valence-corrected chi connectivity index (χ1v) is 6.76. The second-order valence-electron chi connectivity index (χ2n) is 4.62. The number of benzene rings is 1. The van der Waals surface area contributed by atoms with Gasteiger partial charge in [-0.3, -0.25) is 0 Å². The van der Waals surface area contributed by atoms with Crippen LogP contribution in [0, 0.1) is 5.82 Å². The topological polar surface area (TPSA) is 25.2 Å². The van der Waals surface area contributed by atoms with Gasteiger partial charge in [-0.1, -0.05) is 31.0 Å². The number of nitrogens with zero attached hydrogens (tertiary/aromatic N) is 1. The maximum atomic E-state index is 13.7. The van der Waals surface area contributed by atoms with Gasteiger partial charge in [-0.2, -0.15) is 0 Å². The molecule has 0 saturated carbocycles. The molecule has 2 aromatic rings. The monoisotopic (exact) mass is 281 g/mol. The minimum Gasteiger partial charge on any atom is -0.388 e. The van der Waals surface area contributed by atoms with E-state index in [2.05, 4.69) is 0 Å². The van der Waals surface area contributed by atoms with Crippen LogP contribution in [0.25, 0.3) is 0 Å². The lowest BCUT2D eigenvalue weighted by molar-refractivity contribution is 0.166. The number of aliphatic hydroxyl groups is 1. The van der Waals surface area contributed by atoms with E-state index < -0.39 is 6.10 Å². The number of hydrogen-bond acceptors (Lipinski definition) is 1. The molecule has 4 heteroatoms. The van der Waals surface area contributed by atoms with E-state index >= 15 is 0 Å². The fraction of sp³-hybridized carbons (Fsp3) is 0.333. The molecule has 0 saturated heterocycles. The summed E-state index contributed by atoms with van der Waals surface area (Å²) >= 11 is 6.00. The fourth-order valence-corrected chi connectivity index (χ4v) is 2.28. The predicted molar refractivity (Wildman–Crippen MR) is 74.8 cm³/mol. The number of aromatic nitrogens is 1. The normalized spacial score (nSPS) is 12.6. The zero-order chi connectivity index (χ0) is 13.8. The summed E-state index contributed by atoms with van der Waals surface area (Å²) in [5.41, 5.74) is 1.32. The summed E-state index contributed by atoms with van der Waals surface area (Å²) in [7, 11) is 0. The van der Waals surface area contributed by atoms with E-state index in [1.807, 2.05) is 30.0 Å². The van der Waals surface area contributed by atoms with E-state index in [4.69, 9.17) is 11.6 Å². The van der Waals surface area contributed by atoms with Gasteiger partial charge in [0.05, 0.1) is 12.6 Å². The lowest BCUT2D eigenvalue weighted by Gasteiger charge is -2.08. The first-order valence-electron chi connectivity index (χ1n) is 6.38. The summed E-state index contributed by atoms with van der Waals surface area (Å²) in [5.74, 6) is -0.308. The lowest BCUT2D eigenvalue weighted by Crippen LogP contribution is -2.01. The fourth-order valence-electron chi connectivity index (χ4n) is 2.06. The highest BCUT2D eigenvalue weighted by Gasteiger charge is 2.10. The van der Waals surface area contributed by atoms with Crippen molar-refractivity contribution in [1.82, 2.24) is 4.57 Å². The summed E-state index contributed by atoms with van der Waals surface area (Å²) in [6.45, 7) is 2.39. The molecule has 0 fully saturated rings. The number of halogens is 2. The molecule has 102 valence electrons. The Morgan fingerprint density at radius 2 is 2.16 bits per heavy atom. The molecule has 0 spiro atoms. The van der Waals surface area contributed by atoms with E-state index in [9.17, 15) is 9.50 Å². The SMILES string of the molecule is CCCC(O)c1ccn(Cc2c(F)cccc2Cl)c1. The average molecular weight is 282 g/mol. The maximum absolute atomic E-state index is 13.7. The van der Waals surface area contributed by atoms with Crippen molar-refractivity contribution in [3.8, 4) is 0 Å². The van der Waals surface area contributed by atoms with Crippen LogP contribution in [0.5, 0.6) is 0 Å². The van der Waals surface area contributed by atoms with Crippen molar-refractivity contribution < 1.29 is 9.50 Å². The van der Waals surface area contributed by atoms with Crippen molar-refractivity contribution in [3.63, 3.8) is 0 Å². The summed E-state index contributed by atoms with van der Waals surface area (Å²) < 4.78 is 15.5. The predicted octanol–water partition coefficient (Wildman–Crippen LogP) is 4.16. The molecule has 0 radical (unpaired) electrons. The van der Waals surface area contributed by atoms with Gasteiger partial charge in [-0.25, -0.2) is 4.39 Å². The van der Waals surface area contributed by atoms with Crippen LogP contribution in [0.3, 0.4) is 0 Å². The Morgan fingerprint density at radius 1 is 1.37 bits per heavy atom. The molecule has 1 unspecified atom stereocenters. The van der Waals surface area contributed by atoms with E-state index in [0.29, 0.717) is 17.1 Å². The molecule has 0 amide bonds. The first-order chi connectivity index (χ1) is 9.11. The highest BCUT2D eigenvalue weighted by atomic mass is 35.5. The average Bonchev–Trinajstić information content (AvgIpc) is 2.83. The zero-order valence-corrected chi connectivity index (χ0v) is 11.6. The van der Waals surface area contributed by atoms with Gasteiger partial charge >= 0.3 is 0 Å². The van der Waals surface area contributed by atoms with Crippen LogP contribution >= 0.6 is 11.6 Å². The van der Waals surface area contributed by atoms with Crippen LogP contribution in [-0.4, -0.2) is 9.67 Å². The van der Waals surface area contributed by atoms with Crippen LogP contribution in [-0.2, 0) is 6.54 Å². The van der Waals surface area contributed by atoms with Gasteiger partial charge in [0.1, 0.15) is 5.82 Å². The maximum Gasteiger partial charge on any atom is 0.129 e. The van der Waals surface area contributed by atoms with Gasteiger partial charge in [-0.15, -0.1) is 0 Å². The third-order valence-corrected chi connectivity index (χ3v) is 3.48. The second-order valence-corrected chi connectivity index (χ2v) is 5.03. The standard InChI is InChI=1S/C15H17ClFNO/c1-2-4-15(19)11-7-8-18(9-11)10-12-13(16)5-3-6-14(12)17/h3,5-9,15,19H,2,4,10H2,1H3. The first kappa shape index (κ1) is 14.1. The van der Waals surface area contributed by atoms with E-state index in [1.54, 1.807) is 12.1 Å². The van der Waals surface area contributed by atoms with Gasteiger partial charge in [-0.05, 0) is 30.2 Å². The Hall–Kier alpha value is -1.32. The third kappa shape index (κ3) is 3.37. The van der Waals surface area contributed by atoms with Crippen molar-refractivity contribution >= 4 is 11.6 Å². The molecule has 0 aliphatic rings. The largest absolute Gasteiger partial charge is 0.388 e. The van der Waals surface area contributed by atoms with Gasteiger partial charge in [0, 0.05) is 23.0 Å². The Morgan fingerprint density at radius 3 is 2.84 bits per heavy atom. The summed E-state index contributed by atoms with van der Waals surface area (Å²) in [4.78, 5) is 0. The Labute approximate surface area is 117 Å². The van der Waals surface area contributed by atoms with Crippen LogP contribution in [0.15, 0.2) is 36.7 Å². The highest BCUT2D eigenvalue weighted by Crippen LogP contribution is 2.22. The summed E-state index contributed by atoms with van der Waals surface area (Å²) in [5, 5.41) is 10.3. The summed E-state index contributed by atoms with van der Waals surface area (Å²) in [6.07, 6.45) is 4.86. The van der Waals surface area contributed by atoms with Crippen molar-refractivity contribution in [2.45, 2.75) is 32.4 Å². The molecule has 0 aliphatic heterocycles. The van der Waals surface area contributed by atoms with Crippen LogP contribution in [0.1, 0.15) is 37.0 Å². The molecule has 0 bridgehead atoms. The molecular formula is C15H17ClFNO. The second kappa shape index (κ2) is 6.22. The minimum absolute atomic E-state index is 0.308. The van der Waals surface area contributed by atoms with Crippen LogP contribution in [0.4, 0.5) is 4.39 Å². The Kier molecular flexibility index (Phi) is 4.61. The Bertz CT molecular complexity index is 533. The highest BCUT2D eigenvalue weighted by molar-refractivity contribution is 6.31. The van der Waals surface area contributed by atoms with Crippen LogP contribution < -0.4 is 0 Å². The third-order valence-electron chi connectivity index (χ3n) is 3.12. The molecule has 2 nitrogen and oxygen atoms in total. The molecule has 1 N–H and O–H groups in total. The molecule has 19 heavy (non-hydrogen) atoms. The van der Waals surface area contributed by atoms with Gasteiger partial charge < -0.3 is 9.67 Å². The van der Waals surface area contributed by atoms with Crippen molar-refractivity contribution in [1.29, 1.82) is 0 Å². The molecular weight excluding hydrogens is 265 g/mol. The smallest absolute Gasteiger partial charge is 0.129 e. The minimum atomic E-state index is -0.456. The van der Waals surface area contributed by atoms with Crippen molar-refractivity contribution in [3.05, 3.63) is 58.6 Å². The van der Waals surface area contributed by atoms with Gasteiger partial charge in [0.25, 0.3) is 0 Å². The van der Waals surface area contributed by atoms with Crippen molar-refractivity contribution in [2.24, 2.45) is 0 Å². The van der Waals surface area contributed by atoms with Gasteiger partial charge in [0.2, 0.25) is 0 Å². The zero-order valence-electron chi connectivity index (χ0n) is 10.8. The quantitative estimate of drug-likeness (QED) is 0.874. The lowest BCUT2D eigenvalue weighted by atomic mass is 10.1. The van der Waals surface area contributed by atoms with Gasteiger partial charge in [0.15, 0.2) is 0 Å². The Balaban J connectivity index is 2.16. The molecule has 1 atom stereocenters.